The number of thioether (sulfide) groups is 1. The highest BCUT2D eigenvalue weighted by atomic mass is 32.2. The highest BCUT2D eigenvalue weighted by Crippen LogP contribution is 2.35. The van der Waals surface area contributed by atoms with E-state index < -0.39 is 0 Å². The van der Waals surface area contributed by atoms with Gasteiger partial charge < -0.3 is 4.90 Å². The number of anilines is 1. The van der Waals surface area contributed by atoms with Crippen LogP contribution >= 0.6 is 24.0 Å². The van der Waals surface area contributed by atoms with E-state index in [0.717, 1.165) is 50.5 Å². The number of aromatic nitrogens is 1. The molecule has 0 saturated carbocycles. The molecular weight excluding hydrogens is 478 g/mol. The first-order valence-electron chi connectivity index (χ1n) is 11.8. The molecule has 4 rings (SSSR count). The molecule has 2 fully saturated rings. The monoisotopic (exact) mass is 507 g/mol. The molecule has 35 heavy (non-hydrogen) atoms. The molecule has 3 heterocycles. The topological polar surface area (TPSA) is 72.6 Å². The highest BCUT2D eigenvalue weighted by Gasteiger charge is 2.31. The van der Waals surface area contributed by atoms with Gasteiger partial charge in [0, 0.05) is 51.9 Å². The van der Waals surface area contributed by atoms with Crippen LogP contribution in [0.1, 0.15) is 35.6 Å². The fourth-order valence-corrected chi connectivity index (χ4v) is 5.71. The molecule has 0 N–H and O–H groups in total. The maximum absolute atomic E-state index is 13.3. The zero-order valence-electron chi connectivity index (χ0n) is 20.3. The van der Waals surface area contributed by atoms with E-state index in [2.05, 4.69) is 40.1 Å². The number of thiocarbonyl (C=S) groups is 1. The van der Waals surface area contributed by atoms with Crippen LogP contribution in [0.3, 0.4) is 0 Å². The Bertz CT molecular complexity index is 1270. The maximum Gasteiger partial charge on any atom is 0.270 e. The largest absolute Gasteiger partial charge is 0.355 e. The van der Waals surface area contributed by atoms with E-state index in [9.17, 15) is 14.9 Å². The van der Waals surface area contributed by atoms with Crippen molar-refractivity contribution in [1.82, 2.24) is 14.4 Å². The van der Waals surface area contributed by atoms with Crippen LogP contribution in [0.2, 0.25) is 0 Å². The molecule has 0 spiro atoms. The number of nitrogens with zero attached hydrogens (tertiary/aromatic N) is 5. The van der Waals surface area contributed by atoms with Gasteiger partial charge in [0.25, 0.3) is 11.5 Å². The molecule has 2 saturated heterocycles. The van der Waals surface area contributed by atoms with Crippen LogP contribution in [0.5, 0.6) is 0 Å². The van der Waals surface area contributed by atoms with Crippen LogP contribution in [0.4, 0.5) is 5.82 Å². The standard InChI is InChI=1S/C26H29N5O2S2/c1-4-10-31-23(30-13-11-29(12-14-30)17-19-8-6-5-7-9-19)20(18(2)21(16-27)24(31)32)15-22-25(33)28(3)26(34)35-22/h5-9,15H,4,10-14,17H2,1-3H3. The van der Waals surface area contributed by atoms with E-state index in [1.807, 2.05) is 19.1 Å². The van der Waals surface area contributed by atoms with Gasteiger partial charge in [-0.05, 0) is 30.5 Å². The van der Waals surface area contributed by atoms with Gasteiger partial charge in [0.1, 0.15) is 21.8 Å². The van der Waals surface area contributed by atoms with Gasteiger partial charge in [0.15, 0.2) is 0 Å². The van der Waals surface area contributed by atoms with Gasteiger partial charge in [0.2, 0.25) is 0 Å². The van der Waals surface area contributed by atoms with E-state index in [1.54, 1.807) is 18.5 Å². The number of likely N-dealkylation sites (N-methyl/N-ethyl adjacent to an activating group) is 1. The summed E-state index contributed by atoms with van der Waals surface area (Å²) in [5, 5.41) is 9.78. The Balaban J connectivity index is 1.74. The third-order valence-corrected chi connectivity index (χ3v) is 7.96. The van der Waals surface area contributed by atoms with Crippen molar-refractivity contribution in [3.05, 3.63) is 67.8 Å². The molecule has 1 amide bonds. The van der Waals surface area contributed by atoms with Crippen molar-refractivity contribution in [2.45, 2.75) is 33.4 Å². The van der Waals surface area contributed by atoms with Crippen LogP contribution in [0.15, 0.2) is 40.0 Å². The van der Waals surface area contributed by atoms with Gasteiger partial charge in [-0.15, -0.1) is 0 Å². The minimum absolute atomic E-state index is 0.128. The first-order valence-corrected chi connectivity index (χ1v) is 13.0. The van der Waals surface area contributed by atoms with Crippen LogP contribution in [-0.2, 0) is 17.9 Å². The fourth-order valence-electron chi connectivity index (χ4n) is 4.55. The first kappa shape index (κ1) is 25.2. The number of rotatable bonds is 6. The summed E-state index contributed by atoms with van der Waals surface area (Å²) < 4.78 is 2.22. The second-order valence-electron chi connectivity index (χ2n) is 8.80. The van der Waals surface area contributed by atoms with Crippen molar-refractivity contribution in [3.63, 3.8) is 0 Å². The first-order chi connectivity index (χ1) is 16.8. The highest BCUT2D eigenvalue weighted by molar-refractivity contribution is 8.26. The summed E-state index contributed by atoms with van der Waals surface area (Å²) in [4.78, 5) is 32.7. The van der Waals surface area contributed by atoms with Crippen molar-refractivity contribution < 1.29 is 4.79 Å². The number of benzene rings is 1. The predicted octanol–water partition coefficient (Wildman–Crippen LogP) is 3.59. The second kappa shape index (κ2) is 10.8. The number of piperazine rings is 1. The number of carbonyl (C=O) groups is 1. The molecule has 7 nitrogen and oxygen atoms in total. The number of nitriles is 1. The smallest absolute Gasteiger partial charge is 0.270 e. The SMILES string of the molecule is CCCn1c(N2CCN(Cc3ccccc3)CC2)c(C=C2SC(=S)N(C)C2=O)c(C)c(C#N)c1=O. The van der Waals surface area contributed by atoms with Crippen LogP contribution in [0, 0.1) is 18.3 Å². The molecule has 2 aromatic rings. The predicted molar refractivity (Wildman–Crippen MR) is 145 cm³/mol. The number of carbonyl (C=O) groups excluding carboxylic acids is 1. The summed E-state index contributed by atoms with van der Waals surface area (Å²) in [6, 6.07) is 12.5. The summed E-state index contributed by atoms with van der Waals surface area (Å²) in [5.74, 6) is 0.624. The third kappa shape index (κ3) is 5.06. The molecule has 0 unspecified atom stereocenters. The Hall–Kier alpha value is -2.93. The third-order valence-electron chi connectivity index (χ3n) is 6.48. The lowest BCUT2D eigenvalue weighted by molar-refractivity contribution is -0.121. The molecule has 1 aromatic carbocycles. The maximum atomic E-state index is 13.3. The zero-order chi connectivity index (χ0) is 25.1. The van der Waals surface area contributed by atoms with Gasteiger partial charge >= 0.3 is 0 Å². The van der Waals surface area contributed by atoms with Gasteiger partial charge in [-0.1, -0.05) is 61.2 Å². The van der Waals surface area contributed by atoms with E-state index in [-0.39, 0.29) is 17.0 Å². The number of pyridine rings is 1. The molecule has 2 aliphatic heterocycles. The Morgan fingerprint density at radius 3 is 2.40 bits per heavy atom. The Morgan fingerprint density at radius 1 is 1.14 bits per heavy atom. The quantitative estimate of drug-likeness (QED) is 0.437. The minimum Gasteiger partial charge on any atom is -0.355 e. The van der Waals surface area contributed by atoms with Crippen LogP contribution in [0.25, 0.3) is 6.08 Å². The van der Waals surface area contributed by atoms with Gasteiger partial charge in [-0.3, -0.25) is 24.0 Å². The Kier molecular flexibility index (Phi) is 7.75. The summed E-state index contributed by atoms with van der Waals surface area (Å²) in [5.41, 5.74) is 2.49. The van der Waals surface area contributed by atoms with Gasteiger partial charge in [0.05, 0.1) is 4.91 Å². The molecular formula is C26H29N5O2S2. The Labute approximate surface area is 215 Å². The molecule has 182 valence electrons. The van der Waals surface area contributed by atoms with Crippen LogP contribution < -0.4 is 10.5 Å². The molecule has 0 bridgehead atoms. The molecule has 0 atom stereocenters. The molecule has 0 aliphatic carbocycles. The van der Waals surface area contributed by atoms with E-state index >= 15 is 0 Å². The lowest BCUT2D eigenvalue weighted by Crippen LogP contribution is -2.48. The van der Waals surface area contributed by atoms with E-state index in [4.69, 9.17) is 12.2 Å². The van der Waals surface area contributed by atoms with Crippen molar-refractivity contribution in [2.24, 2.45) is 0 Å². The lowest BCUT2D eigenvalue weighted by Gasteiger charge is -2.38. The number of hydrogen-bond donors (Lipinski definition) is 0. The average Bonchev–Trinajstić information content (AvgIpc) is 3.10. The molecule has 2 aliphatic rings. The second-order valence-corrected chi connectivity index (χ2v) is 10.5. The van der Waals surface area contributed by atoms with Crippen molar-refractivity contribution in [3.8, 4) is 6.07 Å². The lowest BCUT2D eigenvalue weighted by atomic mass is 10.0. The van der Waals surface area contributed by atoms with E-state index in [0.29, 0.717) is 21.3 Å². The summed E-state index contributed by atoms with van der Waals surface area (Å²) >= 11 is 6.56. The zero-order valence-corrected chi connectivity index (χ0v) is 21.9. The van der Waals surface area contributed by atoms with Crippen LogP contribution in [-0.4, -0.2) is 57.8 Å². The number of amides is 1. The van der Waals surface area contributed by atoms with Gasteiger partial charge in [-0.25, -0.2) is 0 Å². The number of hydrogen-bond acceptors (Lipinski definition) is 7. The fraction of sp³-hybridized carbons (Fsp3) is 0.385. The van der Waals surface area contributed by atoms with Crippen molar-refractivity contribution >= 4 is 46.1 Å². The Morgan fingerprint density at radius 2 is 1.83 bits per heavy atom. The van der Waals surface area contributed by atoms with Crippen molar-refractivity contribution in [2.75, 3.05) is 38.1 Å². The van der Waals surface area contributed by atoms with E-state index in [1.165, 1.54) is 22.2 Å². The summed E-state index contributed by atoms with van der Waals surface area (Å²) in [7, 11) is 1.66. The minimum atomic E-state index is -0.270. The van der Waals surface area contributed by atoms with Crippen molar-refractivity contribution in [1.29, 1.82) is 5.26 Å². The summed E-state index contributed by atoms with van der Waals surface area (Å²) in [6.07, 6.45) is 2.57. The molecule has 9 heteroatoms. The summed E-state index contributed by atoms with van der Waals surface area (Å²) in [6.45, 7) is 8.40. The average molecular weight is 508 g/mol. The molecule has 1 aromatic heterocycles. The van der Waals surface area contributed by atoms with Gasteiger partial charge in [-0.2, -0.15) is 5.26 Å². The molecule has 0 radical (unpaired) electrons. The normalized spacial score (nSPS) is 17.9.